The Morgan fingerprint density at radius 3 is 2.33 bits per heavy atom. The molecule has 0 radical (unpaired) electrons. The number of aromatic nitrogens is 2. The summed E-state index contributed by atoms with van der Waals surface area (Å²) in [5, 5.41) is 13.1. The molecule has 0 spiro atoms. The highest BCUT2D eigenvalue weighted by Gasteiger charge is 2.37. The lowest BCUT2D eigenvalue weighted by atomic mass is 10.1. The summed E-state index contributed by atoms with van der Waals surface area (Å²) < 4.78 is 44.8. The Balaban J connectivity index is 1.84. The smallest absolute Gasteiger partial charge is 0.433 e. The van der Waals surface area contributed by atoms with Gasteiger partial charge in [-0.25, -0.2) is 9.78 Å². The molecule has 0 bridgehead atoms. The van der Waals surface area contributed by atoms with Crippen molar-refractivity contribution in [1.29, 1.82) is 5.41 Å². The van der Waals surface area contributed by atoms with Crippen LogP contribution >= 0.6 is 0 Å². The minimum Gasteiger partial charge on any atom is -0.444 e. The van der Waals surface area contributed by atoms with Crippen LogP contribution in [0.1, 0.15) is 52.1 Å². The third-order valence-corrected chi connectivity index (χ3v) is 4.44. The molecule has 33 heavy (non-hydrogen) atoms. The van der Waals surface area contributed by atoms with Gasteiger partial charge in [-0.3, -0.25) is 10.4 Å². The standard InChI is InChI=1S/C23H30F3N5O2/c1-22(2,3)33-21(32)29-13-9-5-4-8-12-28-14-16(20(27)23(24,25)26)19-15-30-17-10-6-7-11-18(17)31-19/h6-7,10-11,14-15,27-28H,4-5,8-9,12-13H2,1-3H3,(H,29,32)/b16-14-,27-20?. The van der Waals surface area contributed by atoms with E-state index in [0.717, 1.165) is 25.7 Å². The highest BCUT2D eigenvalue weighted by atomic mass is 19.4. The van der Waals surface area contributed by atoms with Gasteiger partial charge in [-0.15, -0.1) is 0 Å². The second-order valence-electron chi connectivity index (χ2n) is 8.47. The lowest BCUT2D eigenvalue weighted by molar-refractivity contribution is -0.0578. The molecule has 0 aliphatic carbocycles. The summed E-state index contributed by atoms with van der Waals surface area (Å²) in [7, 11) is 0. The molecule has 1 heterocycles. The molecule has 0 saturated heterocycles. The number of halogens is 3. The van der Waals surface area contributed by atoms with E-state index in [9.17, 15) is 18.0 Å². The van der Waals surface area contributed by atoms with Crippen LogP contribution < -0.4 is 10.6 Å². The number of carbonyl (C=O) groups excluding carboxylic acids is 1. The number of ether oxygens (including phenoxy) is 1. The number of allylic oxidation sites excluding steroid dienone is 1. The van der Waals surface area contributed by atoms with E-state index < -0.39 is 23.6 Å². The first-order valence-electron chi connectivity index (χ1n) is 10.8. The molecule has 0 aliphatic rings. The first-order chi connectivity index (χ1) is 15.5. The van der Waals surface area contributed by atoms with Crippen LogP contribution in [0.4, 0.5) is 18.0 Å². The van der Waals surface area contributed by atoms with Crippen molar-refractivity contribution in [3.63, 3.8) is 0 Å². The number of unbranched alkanes of at least 4 members (excludes halogenated alkanes) is 3. The molecule has 0 atom stereocenters. The predicted octanol–water partition coefficient (Wildman–Crippen LogP) is 5.23. The van der Waals surface area contributed by atoms with Gasteiger partial charge in [0.2, 0.25) is 0 Å². The maximum absolute atomic E-state index is 13.2. The van der Waals surface area contributed by atoms with Gasteiger partial charge >= 0.3 is 12.3 Å². The molecule has 0 fully saturated rings. The summed E-state index contributed by atoms with van der Waals surface area (Å²) in [5.74, 6) is 0. The third kappa shape index (κ3) is 9.07. The molecule has 1 aromatic heterocycles. The van der Waals surface area contributed by atoms with E-state index in [1.165, 1.54) is 12.4 Å². The number of benzene rings is 1. The Hall–Kier alpha value is -3.17. The van der Waals surface area contributed by atoms with Gasteiger partial charge in [-0.1, -0.05) is 25.0 Å². The lowest BCUT2D eigenvalue weighted by Gasteiger charge is -2.19. The molecular weight excluding hydrogens is 435 g/mol. The molecule has 10 heteroatoms. The minimum atomic E-state index is -4.80. The van der Waals surface area contributed by atoms with Crippen LogP contribution in [0.3, 0.4) is 0 Å². The Kier molecular flexibility index (Phi) is 9.19. The first kappa shape index (κ1) is 26.1. The molecule has 2 rings (SSSR count). The van der Waals surface area contributed by atoms with Crippen LogP contribution in [0.5, 0.6) is 0 Å². The molecular formula is C23H30F3N5O2. The SMILES string of the molecule is CC(C)(C)OC(=O)NCCCCCCN/C=C(\C(=N)C(F)(F)F)c1cnc2ccccc2n1. The van der Waals surface area contributed by atoms with Crippen molar-refractivity contribution in [2.24, 2.45) is 0 Å². The summed E-state index contributed by atoms with van der Waals surface area (Å²) >= 11 is 0. The normalized spacial score (nSPS) is 12.5. The Labute approximate surface area is 191 Å². The number of hydrogen-bond acceptors (Lipinski definition) is 6. The molecule has 3 N–H and O–H groups in total. The number of alkyl halides is 3. The summed E-state index contributed by atoms with van der Waals surface area (Å²) in [6.07, 6.45) is 0.339. The third-order valence-electron chi connectivity index (χ3n) is 4.44. The zero-order chi connectivity index (χ0) is 24.5. The largest absolute Gasteiger partial charge is 0.444 e. The zero-order valence-electron chi connectivity index (χ0n) is 19.1. The van der Waals surface area contributed by atoms with E-state index in [1.54, 1.807) is 45.0 Å². The molecule has 1 amide bonds. The predicted molar refractivity (Wildman–Crippen MR) is 122 cm³/mol. The quantitative estimate of drug-likeness (QED) is 0.330. The maximum Gasteiger partial charge on any atom is 0.433 e. The minimum absolute atomic E-state index is 0.0169. The molecule has 2 aromatic rings. The molecule has 0 aliphatic heterocycles. The summed E-state index contributed by atoms with van der Waals surface area (Å²) in [6.45, 7) is 6.32. The van der Waals surface area contributed by atoms with Gasteiger partial charge in [-0.05, 0) is 45.7 Å². The topological polar surface area (TPSA) is 100.0 Å². The van der Waals surface area contributed by atoms with Crippen molar-refractivity contribution in [1.82, 2.24) is 20.6 Å². The van der Waals surface area contributed by atoms with Gasteiger partial charge in [0.15, 0.2) is 0 Å². The van der Waals surface area contributed by atoms with Crippen LogP contribution in [-0.4, -0.2) is 46.6 Å². The van der Waals surface area contributed by atoms with E-state index in [-0.39, 0.29) is 11.3 Å². The second kappa shape index (κ2) is 11.6. The fourth-order valence-electron chi connectivity index (χ4n) is 2.90. The second-order valence-corrected chi connectivity index (χ2v) is 8.47. The van der Waals surface area contributed by atoms with E-state index in [2.05, 4.69) is 20.6 Å². The number of nitrogens with zero attached hydrogens (tertiary/aromatic N) is 2. The van der Waals surface area contributed by atoms with Crippen molar-refractivity contribution in [2.75, 3.05) is 13.1 Å². The average Bonchev–Trinajstić information content (AvgIpc) is 2.72. The van der Waals surface area contributed by atoms with E-state index >= 15 is 0 Å². The Morgan fingerprint density at radius 1 is 1.06 bits per heavy atom. The maximum atomic E-state index is 13.2. The first-order valence-corrected chi connectivity index (χ1v) is 10.8. The lowest BCUT2D eigenvalue weighted by Crippen LogP contribution is -2.32. The van der Waals surface area contributed by atoms with E-state index in [0.29, 0.717) is 24.1 Å². The molecule has 0 unspecified atom stereocenters. The van der Waals surface area contributed by atoms with Gasteiger partial charge < -0.3 is 15.4 Å². The van der Waals surface area contributed by atoms with Crippen molar-refractivity contribution >= 4 is 28.4 Å². The van der Waals surface area contributed by atoms with E-state index in [4.69, 9.17) is 10.1 Å². The number of rotatable bonds is 10. The van der Waals surface area contributed by atoms with Crippen molar-refractivity contribution < 1.29 is 22.7 Å². The van der Waals surface area contributed by atoms with Gasteiger partial charge in [0, 0.05) is 24.9 Å². The average molecular weight is 466 g/mol. The number of alkyl carbamates (subject to hydrolysis) is 1. The zero-order valence-corrected chi connectivity index (χ0v) is 19.1. The van der Waals surface area contributed by atoms with Gasteiger partial charge in [0.25, 0.3) is 0 Å². The summed E-state index contributed by atoms with van der Waals surface area (Å²) in [6, 6.07) is 6.86. The highest BCUT2D eigenvalue weighted by molar-refractivity contribution is 6.24. The number of nitrogens with one attached hydrogen (secondary N) is 3. The molecule has 180 valence electrons. The van der Waals surface area contributed by atoms with Crippen molar-refractivity contribution in [3.8, 4) is 0 Å². The van der Waals surface area contributed by atoms with E-state index in [1.807, 2.05) is 0 Å². The number of carbonyl (C=O) groups is 1. The monoisotopic (exact) mass is 465 g/mol. The Bertz CT molecular complexity index is 984. The van der Waals surface area contributed by atoms with Gasteiger partial charge in [0.05, 0.1) is 22.9 Å². The number of fused-ring (bicyclic) bond motifs is 1. The van der Waals surface area contributed by atoms with Crippen LogP contribution in [0, 0.1) is 5.41 Å². The van der Waals surface area contributed by atoms with Crippen LogP contribution in [0.15, 0.2) is 36.7 Å². The number of para-hydroxylation sites is 2. The summed E-state index contributed by atoms with van der Waals surface area (Å²) in [4.78, 5) is 19.9. The van der Waals surface area contributed by atoms with Crippen molar-refractivity contribution in [2.45, 2.75) is 58.2 Å². The Morgan fingerprint density at radius 2 is 1.70 bits per heavy atom. The van der Waals surface area contributed by atoms with Crippen LogP contribution in [-0.2, 0) is 4.74 Å². The number of hydrogen-bond donors (Lipinski definition) is 3. The van der Waals surface area contributed by atoms with Crippen molar-refractivity contribution in [3.05, 3.63) is 42.4 Å². The highest BCUT2D eigenvalue weighted by Crippen LogP contribution is 2.26. The molecule has 7 nitrogen and oxygen atoms in total. The fourth-order valence-corrected chi connectivity index (χ4v) is 2.90. The summed E-state index contributed by atoms with van der Waals surface area (Å²) in [5.41, 5.74) is -1.38. The van der Waals surface area contributed by atoms with Gasteiger partial charge in [-0.2, -0.15) is 13.2 Å². The van der Waals surface area contributed by atoms with Gasteiger partial charge in [0.1, 0.15) is 11.3 Å². The van der Waals surface area contributed by atoms with Crippen LogP contribution in [0.2, 0.25) is 0 Å². The molecule has 0 saturated carbocycles. The molecule has 1 aromatic carbocycles. The number of amides is 1. The fraction of sp³-hybridized carbons (Fsp3) is 0.478. The van der Waals surface area contributed by atoms with Crippen LogP contribution in [0.25, 0.3) is 16.6 Å².